The van der Waals surface area contributed by atoms with Crippen LogP contribution in [0.2, 0.25) is 0 Å². The van der Waals surface area contributed by atoms with Gasteiger partial charge in [-0.3, -0.25) is 10.1 Å². The van der Waals surface area contributed by atoms with E-state index in [-0.39, 0.29) is 15.8 Å². The van der Waals surface area contributed by atoms with Crippen molar-refractivity contribution in [1.82, 2.24) is 0 Å². The highest BCUT2D eigenvalue weighted by Crippen LogP contribution is 2.30. The molecule has 0 unspecified atom stereocenters. The number of anilines is 1. The molecule has 4 nitrogen and oxygen atoms in total. The number of nitrogens with zero attached hydrogens (tertiary/aromatic N) is 1. The highest BCUT2D eigenvalue weighted by Gasteiger charge is 2.16. The number of nitro groups is 1. The normalized spacial score (nSPS) is 10.8. The van der Waals surface area contributed by atoms with E-state index in [9.17, 15) is 14.5 Å². The van der Waals surface area contributed by atoms with Gasteiger partial charge in [0.1, 0.15) is 11.5 Å². The first-order valence-electron chi connectivity index (χ1n) is 5.04. The molecular formula is C11H12BrFN2O2. The molecule has 0 fully saturated rings. The summed E-state index contributed by atoms with van der Waals surface area (Å²) >= 11 is 2.92. The van der Waals surface area contributed by atoms with Crippen molar-refractivity contribution in [1.29, 1.82) is 0 Å². The van der Waals surface area contributed by atoms with Gasteiger partial charge in [0.25, 0.3) is 5.69 Å². The molecule has 0 aliphatic heterocycles. The van der Waals surface area contributed by atoms with Crippen molar-refractivity contribution in [2.45, 2.75) is 13.3 Å². The number of nitrogens with one attached hydrogen (secondary N) is 1. The molecular weight excluding hydrogens is 291 g/mol. The van der Waals surface area contributed by atoms with Crippen molar-refractivity contribution in [3.05, 3.63) is 44.7 Å². The Kier molecular flexibility index (Phi) is 5.09. The van der Waals surface area contributed by atoms with Crippen LogP contribution < -0.4 is 5.32 Å². The van der Waals surface area contributed by atoms with E-state index >= 15 is 0 Å². The van der Waals surface area contributed by atoms with E-state index in [0.717, 1.165) is 18.6 Å². The van der Waals surface area contributed by atoms with Crippen molar-refractivity contribution in [3.63, 3.8) is 0 Å². The molecule has 0 radical (unpaired) electrons. The largest absolute Gasteiger partial charge is 0.379 e. The maximum absolute atomic E-state index is 13.3. The predicted molar refractivity (Wildman–Crippen MR) is 68.7 cm³/mol. The Bertz CT molecular complexity index is 449. The van der Waals surface area contributed by atoms with Crippen LogP contribution in [-0.4, -0.2) is 11.5 Å². The average Bonchev–Trinajstić information content (AvgIpc) is 2.28. The highest BCUT2D eigenvalue weighted by atomic mass is 79.9. The van der Waals surface area contributed by atoms with Crippen LogP contribution in [0.1, 0.15) is 13.3 Å². The standard InChI is InChI=1S/C11H12BrFN2O2/c1-2-3-4-5-14-10-7-9(13)8(12)6-11(10)15(16)17/h2-3,6-7,14H,4-5H2,1H3/b3-2+. The minimum absolute atomic E-state index is 0.0863. The molecule has 6 heteroatoms. The van der Waals surface area contributed by atoms with Gasteiger partial charge in [-0.1, -0.05) is 12.2 Å². The predicted octanol–water partition coefficient (Wildman–Crippen LogP) is 3.87. The molecule has 0 heterocycles. The van der Waals surface area contributed by atoms with Crippen LogP contribution >= 0.6 is 15.9 Å². The summed E-state index contributed by atoms with van der Waals surface area (Å²) < 4.78 is 13.4. The second-order valence-corrected chi connectivity index (χ2v) is 4.18. The number of rotatable bonds is 5. The summed E-state index contributed by atoms with van der Waals surface area (Å²) in [6, 6.07) is 2.28. The Morgan fingerprint density at radius 2 is 2.29 bits per heavy atom. The van der Waals surface area contributed by atoms with Gasteiger partial charge in [-0.2, -0.15) is 0 Å². The second kappa shape index (κ2) is 6.34. The number of hydrogen-bond donors (Lipinski definition) is 1. The molecule has 1 aromatic rings. The van der Waals surface area contributed by atoms with E-state index in [0.29, 0.717) is 6.54 Å². The molecule has 0 aliphatic carbocycles. The van der Waals surface area contributed by atoms with E-state index in [2.05, 4.69) is 21.2 Å². The molecule has 0 saturated heterocycles. The Morgan fingerprint density at radius 1 is 1.59 bits per heavy atom. The van der Waals surface area contributed by atoms with Gasteiger partial charge >= 0.3 is 0 Å². The SMILES string of the molecule is C/C=C/CCNc1cc(F)c(Br)cc1[N+](=O)[O-]. The molecule has 17 heavy (non-hydrogen) atoms. The molecule has 0 bridgehead atoms. The molecule has 0 saturated carbocycles. The van der Waals surface area contributed by atoms with Gasteiger partial charge in [0.15, 0.2) is 0 Å². The molecule has 1 N–H and O–H groups in total. The summed E-state index contributed by atoms with van der Waals surface area (Å²) in [6.07, 6.45) is 4.54. The fraction of sp³-hybridized carbons (Fsp3) is 0.273. The second-order valence-electron chi connectivity index (χ2n) is 3.33. The molecule has 0 atom stereocenters. The maximum atomic E-state index is 13.3. The molecule has 1 aromatic carbocycles. The Hall–Kier alpha value is -1.43. The minimum atomic E-state index is -0.539. The first-order chi connectivity index (χ1) is 8.06. The van der Waals surface area contributed by atoms with Gasteiger partial charge in [-0.05, 0) is 29.3 Å². The van der Waals surface area contributed by atoms with Gasteiger partial charge in [-0.15, -0.1) is 0 Å². The lowest BCUT2D eigenvalue weighted by Gasteiger charge is -2.06. The van der Waals surface area contributed by atoms with Crippen LogP contribution in [0.25, 0.3) is 0 Å². The average molecular weight is 303 g/mol. The van der Waals surface area contributed by atoms with Crippen molar-refractivity contribution in [2.75, 3.05) is 11.9 Å². The van der Waals surface area contributed by atoms with Gasteiger partial charge in [0, 0.05) is 18.7 Å². The van der Waals surface area contributed by atoms with Gasteiger partial charge < -0.3 is 5.32 Å². The molecule has 0 spiro atoms. The number of benzene rings is 1. The van der Waals surface area contributed by atoms with Crippen molar-refractivity contribution in [2.24, 2.45) is 0 Å². The Balaban J connectivity index is 2.88. The van der Waals surface area contributed by atoms with E-state index in [1.807, 2.05) is 19.1 Å². The third-order valence-corrected chi connectivity index (χ3v) is 2.71. The zero-order chi connectivity index (χ0) is 12.8. The summed E-state index contributed by atoms with van der Waals surface area (Å²) in [4.78, 5) is 10.2. The van der Waals surface area contributed by atoms with Crippen molar-refractivity contribution >= 4 is 27.3 Å². The fourth-order valence-electron chi connectivity index (χ4n) is 1.29. The van der Waals surface area contributed by atoms with E-state index in [1.54, 1.807) is 0 Å². The van der Waals surface area contributed by atoms with Gasteiger partial charge in [0.05, 0.1) is 9.40 Å². The monoisotopic (exact) mass is 302 g/mol. The summed E-state index contributed by atoms with van der Waals surface area (Å²) in [5.41, 5.74) is 0.0546. The van der Waals surface area contributed by atoms with Crippen LogP contribution in [0.3, 0.4) is 0 Å². The topological polar surface area (TPSA) is 55.2 Å². The molecule has 1 rings (SSSR count). The third-order valence-electron chi connectivity index (χ3n) is 2.10. The molecule has 0 amide bonds. The molecule has 0 aliphatic rings. The molecule has 0 aromatic heterocycles. The fourth-order valence-corrected chi connectivity index (χ4v) is 1.62. The van der Waals surface area contributed by atoms with Gasteiger partial charge in [-0.25, -0.2) is 4.39 Å². The lowest BCUT2D eigenvalue weighted by Crippen LogP contribution is -2.04. The third kappa shape index (κ3) is 3.81. The summed E-state index contributed by atoms with van der Waals surface area (Å²) in [7, 11) is 0. The minimum Gasteiger partial charge on any atom is -0.379 e. The zero-order valence-electron chi connectivity index (χ0n) is 9.24. The Morgan fingerprint density at radius 3 is 2.88 bits per heavy atom. The Labute approximate surface area is 107 Å². The molecule has 92 valence electrons. The first-order valence-corrected chi connectivity index (χ1v) is 5.84. The van der Waals surface area contributed by atoms with Crippen LogP contribution in [0, 0.1) is 15.9 Å². The van der Waals surface area contributed by atoms with Crippen LogP contribution in [-0.2, 0) is 0 Å². The number of halogens is 2. The number of hydrogen-bond acceptors (Lipinski definition) is 3. The van der Waals surface area contributed by atoms with Crippen LogP contribution in [0.5, 0.6) is 0 Å². The quantitative estimate of drug-likeness (QED) is 0.389. The summed E-state index contributed by atoms with van der Waals surface area (Å²) in [6.45, 7) is 2.41. The maximum Gasteiger partial charge on any atom is 0.293 e. The van der Waals surface area contributed by atoms with E-state index < -0.39 is 10.7 Å². The zero-order valence-corrected chi connectivity index (χ0v) is 10.8. The lowest BCUT2D eigenvalue weighted by atomic mass is 10.2. The van der Waals surface area contributed by atoms with Crippen LogP contribution in [0.4, 0.5) is 15.8 Å². The number of allylic oxidation sites excluding steroid dienone is 1. The van der Waals surface area contributed by atoms with Crippen molar-refractivity contribution in [3.8, 4) is 0 Å². The van der Waals surface area contributed by atoms with E-state index in [1.165, 1.54) is 0 Å². The van der Waals surface area contributed by atoms with E-state index in [4.69, 9.17) is 0 Å². The summed E-state index contributed by atoms with van der Waals surface area (Å²) in [5.74, 6) is -0.524. The van der Waals surface area contributed by atoms with Crippen molar-refractivity contribution < 1.29 is 9.31 Å². The number of nitro benzene ring substituents is 1. The van der Waals surface area contributed by atoms with Gasteiger partial charge in [0.2, 0.25) is 0 Å². The summed E-state index contributed by atoms with van der Waals surface area (Å²) in [5, 5.41) is 13.6. The van der Waals surface area contributed by atoms with Crippen LogP contribution in [0.15, 0.2) is 28.8 Å². The smallest absolute Gasteiger partial charge is 0.293 e. The highest BCUT2D eigenvalue weighted by molar-refractivity contribution is 9.10. The lowest BCUT2D eigenvalue weighted by molar-refractivity contribution is -0.384. The first kappa shape index (κ1) is 13.6.